The molecule has 1 aromatic carbocycles. The van der Waals surface area contributed by atoms with Gasteiger partial charge in [0.1, 0.15) is 12.4 Å². The molecule has 0 saturated carbocycles. The van der Waals surface area contributed by atoms with Gasteiger partial charge >= 0.3 is 6.18 Å². The Hall–Kier alpha value is -1.76. The normalized spacial score (nSPS) is 12.5. The van der Waals surface area contributed by atoms with Crippen molar-refractivity contribution in [3.8, 4) is 5.75 Å². The topological polar surface area (TPSA) is 51.1 Å². The molecule has 0 aromatic heterocycles. The molecule has 0 fully saturated rings. The Morgan fingerprint density at radius 1 is 1.19 bits per heavy atom. The number of benzene rings is 1. The number of rotatable bonds is 8. The van der Waals surface area contributed by atoms with Gasteiger partial charge in [-0.3, -0.25) is 0 Å². The van der Waals surface area contributed by atoms with Crippen LogP contribution in [0.3, 0.4) is 0 Å². The molecule has 0 atom stereocenters. The molecule has 0 heterocycles. The summed E-state index contributed by atoms with van der Waals surface area (Å²) in [4.78, 5) is 0. The second-order valence-corrected chi connectivity index (χ2v) is 4.29. The molecule has 7 heteroatoms. The van der Waals surface area contributed by atoms with Crippen LogP contribution < -0.4 is 4.74 Å². The summed E-state index contributed by atoms with van der Waals surface area (Å²) in [6, 6.07) is 6.95. The summed E-state index contributed by atoms with van der Waals surface area (Å²) < 4.78 is 45.3. The van der Waals surface area contributed by atoms with Gasteiger partial charge in [-0.1, -0.05) is 12.1 Å². The summed E-state index contributed by atoms with van der Waals surface area (Å²) in [6.45, 7) is 0.906. The lowest BCUT2D eigenvalue weighted by atomic mass is 10.1. The third kappa shape index (κ3) is 6.99. The predicted octanol–water partition coefficient (Wildman–Crippen LogP) is 3.62. The highest BCUT2D eigenvalue weighted by molar-refractivity contribution is 6.00. The van der Waals surface area contributed by atoms with Gasteiger partial charge in [-0.15, -0.1) is 0 Å². The van der Waals surface area contributed by atoms with Gasteiger partial charge in [0, 0.05) is 6.42 Å². The molecule has 0 spiro atoms. The van der Waals surface area contributed by atoms with Gasteiger partial charge in [0.15, 0.2) is 0 Å². The summed E-state index contributed by atoms with van der Waals surface area (Å²) in [5.74, 6) is 0.600. The minimum Gasteiger partial charge on any atom is -0.494 e. The quantitative estimate of drug-likeness (QED) is 0.345. The predicted molar refractivity (Wildman–Crippen MR) is 72.0 cm³/mol. The second-order valence-electron chi connectivity index (χ2n) is 4.29. The van der Waals surface area contributed by atoms with Crippen LogP contribution in [0.2, 0.25) is 0 Å². The zero-order valence-electron chi connectivity index (χ0n) is 11.7. The van der Waals surface area contributed by atoms with E-state index in [2.05, 4.69) is 9.89 Å². The number of nitrogens with zero attached hydrogens (tertiary/aromatic N) is 1. The minimum absolute atomic E-state index is 0.00521. The molecule has 0 aliphatic rings. The van der Waals surface area contributed by atoms with Crippen LogP contribution in [0.4, 0.5) is 13.2 Å². The van der Waals surface area contributed by atoms with Gasteiger partial charge in [0.2, 0.25) is 0 Å². The zero-order chi connectivity index (χ0) is 15.7. The van der Waals surface area contributed by atoms with Crippen molar-refractivity contribution in [3.63, 3.8) is 0 Å². The Kier molecular flexibility index (Phi) is 7.01. The Labute approximate surface area is 121 Å². The van der Waals surface area contributed by atoms with E-state index in [9.17, 15) is 13.2 Å². The summed E-state index contributed by atoms with van der Waals surface area (Å²) in [6.07, 6.45) is -3.31. The minimum atomic E-state index is -4.29. The zero-order valence-corrected chi connectivity index (χ0v) is 11.7. The molecule has 1 rings (SSSR count). The van der Waals surface area contributed by atoms with Crippen molar-refractivity contribution >= 4 is 5.71 Å². The third-order valence-corrected chi connectivity index (χ3v) is 2.61. The largest absolute Gasteiger partial charge is 0.494 e. The number of halogens is 3. The standard InChI is InChI=1S/C14H18F3NO3/c1-2-13(18-19)11-4-6-12(7-5-11)21-9-3-8-20-10-14(15,16)17/h4-7,19H,2-3,8-10H2,1H3. The summed E-state index contributed by atoms with van der Waals surface area (Å²) in [5.41, 5.74) is 1.36. The smallest absolute Gasteiger partial charge is 0.411 e. The lowest BCUT2D eigenvalue weighted by molar-refractivity contribution is -0.174. The van der Waals surface area contributed by atoms with E-state index < -0.39 is 12.8 Å². The maximum Gasteiger partial charge on any atom is 0.411 e. The number of ether oxygens (including phenoxy) is 2. The molecule has 0 unspecified atom stereocenters. The fraction of sp³-hybridized carbons (Fsp3) is 0.500. The van der Waals surface area contributed by atoms with Gasteiger partial charge < -0.3 is 14.7 Å². The van der Waals surface area contributed by atoms with Gasteiger partial charge in [-0.25, -0.2) is 0 Å². The Balaban J connectivity index is 2.27. The van der Waals surface area contributed by atoms with Gasteiger partial charge in [0.05, 0.1) is 18.9 Å². The highest BCUT2D eigenvalue weighted by Gasteiger charge is 2.27. The van der Waals surface area contributed by atoms with Gasteiger partial charge in [-0.2, -0.15) is 13.2 Å². The van der Waals surface area contributed by atoms with Crippen molar-refractivity contribution in [2.24, 2.45) is 5.16 Å². The van der Waals surface area contributed by atoms with Crippen LogP contribution in [0.5, 0.6) is 5.75 Å². The SMILES string of the molecule is CCC(=NO)c1ccc(OCCCOCC(F)(F)F)cc1. The lowest BCUT2D eigenvalue weighted by Gasteiger charge is -2.09. The van der Waals surface area contributed by atoms with E-state index in [0.717, 1.165) is 5.56 Å². The van der Waals surface area contributed by atoms with Crippen LogP contribution in [0.25, 0.3) is 0 Å². The van der Waals surface area contributed by atoms with Crippen molar-refractivity contribution in [1.29, 1.82) is 0 Å². The number of oxime groups is 1. The average molecular weight is 305 g/mol. The first-order valence-electron chi connectivity index (χ1n) is 6.55. The molecule has 118 valence electrons. The first kappa shape index (κ1) is 17.3. The molecule has 0 saturated heterocycles. The first-order valence-corrected chi connectivity index (χ1v) is 6.55. The summed E-state index contributed by atoms with van der Waals surface area (Å²) >= 11 is 0. The van der Waals surface area contributed by atoms with Crippen LogP contribution in [-0.2, 0) is 4.74 Å². The van der Waals surface area contributed by atoms with Crippen LogP contribution in [0, 0.1) is 0 Å². The van der Waals surface area contributed by atoms with Crippen molar-refractivity contribution in [2.45, 2.75) is 25.9 Å². The molecule has 1 aromatic rings. The molecule has 0 bridgehead atoms. The molecule has 21 heavy (non-hydrogen) atoms. The fourth-order valence-corrected chi connectivity index (χ4v) is 1.62. The van der Waals surface area contributed by atoms with Gasteiger partial charge in [0.25, 0.3) is 0 Å². The van der Waals surface area contributed by atoms with E-state index in [1.165, 1.54) is 0 Å². The van der Waals surface area contributed by atoms with Crippen molar-refractivity contribution in [3.05, 3.63) is 29.8 Å². The molecule has 0 aliphatic carbocycles. The van der Waals surface area contributed by atoms with Crippen LogP contribution in [0.15, 0.2) is 29.4 Å². The maximum atomic E-state index is 11.8. The Bertz CT molecular complexity index is 444. The first-order chi connectivity index (χ1) is 9.96. The van der Waals surface area contributed by atoms with Crippen molar-refractivity contribution in [1.82, 2.24) is 0 Å². The Morgan fingerprint density at radius 2 is 1.86 bits per heavy atom. The second kappa shape index (κ2) is 8.51. The van der Waals surface area contributed by atoms with Crippen molar-refractivity contribution in [2.75, 3.05) is 19.8 Å². The van der Waals surface area contributed by atoms with Crippen LogP contribution in [-0.4, -0.2) is 36.9 Å². The monoisotopic (exact) mass is 305 g/mol. The van der Waals surface area contributed by atoms with Crippen molar-refractivity contribution < 1.29 is 27.9 Å². The highest BCUT2D eigenvalue weighted by atomic mass is 19.4. The van der Waals surface area contributed by atoms with E-state index in [4.69, 9.17) is 9.94 Å². The summed E-state index contributed by atoms with van der Waals surface area (Å²) in [5, 5.41) is 12.0. The molecule has 4 nitrogen and oxygen atoms in total. The van der Waals surface area contributed by atoms with E-state index >= 15 is 0 Å². The lowest BCUT2D eigenvalue weighted by Crippen LogP contribution is -2.18. The van der Waals surface area contributed by atoms with Gasteiger partial charge in [-0.05, 0) is 36.2 Å². The number of alkyl halides is 3. The van der Waals surface area contributed by atoms with Crippen LogP contribution in [0.1, 0.15) is 25.3 Å². The summed E-state index contributed by atoms with van der Waals surface area (Å²) in [7, 11) is 0. The average Bonchev–Trinajstić information content (AvgIpc) is 2.44. The van der Waals surface area contributed by atoms with E-state index in [1.54, 1.807) is 24.3 Å². The third-order valence-electron chi connectivity index (χ3n) is 2.61. The number of hydrogen-bond acceptors (Lipinski definition) is 4. The molecular weight excluding hydrogens is 287 g/mol. The molecule has 0 amide bonds. The maximum absolute atomic E-state index is 11.8. The molecular formula is C14H18F3NO3. The number of hydrogen-bond donors (Lipinski definition) is 1. The van der Waals surface area contributed by atoms with Crippen LogP contribution >= 0.6 is 0 Å². The fourth-order valence-electron chi connectivity index (χ4n) is 1.62. The highest BCUT2D eigenvalue weighted by Crippen LogP contribution is 2.15. The van der Waals surface area contributed by atoms with E-state index in [1.807, 2.05) is 6.92 Å². The molecule has 1 N–H and O–H groups in total. The molecule has 0 aliphatic heterocycles. The van der Waals surface area contributed by atoms with E-state index in [0.29, 0.717) is 24.3 Å². The Morgan fingerprint density at radius 3 is 2.38 bits per heavy atom. The molecule has 0 radical (unpaired) electrons. The van der Waals surface area contributed by atoms with E-state index in [-0.39, 0.29) is 13.2 Å².